The number of benzene rings is 3. The molecule has 3 aromatic carbocycles. The Labute approximate surface area is 219 Å². The first-order chi connectivity index (χ1) is 17.2. The van der Waals surface area contributed by atoms with E-state index in [0.29, 0.717) is 32.6 Å². The number of carbonyl (C=O) groups excluding carboxylic acids is 3. The fraction of sp³-hybridized carbons (Fsp3) is 0.207. The van der Waals surface area contributed by atoms with Gasteiger partial charge in [0, 0.05) is 39.7 Å². The van der Waals surface area contributed by atoms with Crippen LogP contribution in [-0.2, 0) is 19.8 Å². The van der Waals surface area contributed by atoms with Crippen LogP contribution >= 0.6 is 23.2 Å². The minimum Gasteiger partial charge on any atom is -0.326 e. The van der Waals surface area contributed by atoms with Crippen LogP contribution in [0.15, 0.2) is 72.8 Å². The molecule has 36 heavy (non-hydrogen) atoms. The Balaban J connectivity index is 1.75. The third-order valence-electron chi connectivity index (χ3n) is 6.89. The van der Waals surface area contributed by atoms with Crippen LogP contribution in [0.2, 0.25) is 10.0 Å². The summed E-state index contributed by atoms with van der Waals surface area (Å²) < 4.78 is 0. The highest BCUT2D eigenvalue weighted by atomic mass is 35.5. The normalized spacial score (nSPS) is 20.8. The minimum atomic E-state index is -1.20. The molecule has 2 amide bonds. The van der Waals surface area contributed by atoms with E-state index in [2.05, 4.69) is 10.6 Å². The van der Waals surface area contributed by atoms with Crippen LogP contribution in [-0.4, -0.2) is 17.6 Å². The number of ketones is 1. The first-order valence-corrected chi connectivity index (χ1v) is 12.5. The van der Waals surface area contributed by atoms with E-state index in [-0.39, 0.29) is 29.9 Å². The number of fused-ring (bicyclic) bond motifs is 2. The van der Waals surface area contributed by atoms with Crippen molar-refractivity contribution < 1.29 is 14.4 Å². The fourth-order valence-electron chi connectivity index (χ4n) is 5.25. The molecule has 5 nitrogen and oxygen atoms in total. The maximum Gasteiger partial charge on any atom is 0.240 e. The van der Waals surface area contributed by atoms with Gasteiger partial charge >= 0.3 is 0 Å². The summed E-state index contributed by atoms with van der Waals surface area (Å²) in [5.74, 6) is -1.14. The van der Waals surface area contributed by atoms with Crippen LogP contribution < -0.4 is 10.6 Å². The van der Waals surface area contributed by atoms with E-state index >= 15 is 0 Å². The van der Waals surface area contributed by atoms with Gasteiger partial charge in [0.15, 0.2) is 5.78 Å². The zero-order valence-corrected chi connectivity index (χ0v) is 21.3. The summed E-state index contributed by atoms with van der Waals surface area (Å²) in [6.07, 6.45) is 1.71. The van der Waals surface area contributed by atoms with Crippen molar-refractivity contribution in [3.63, 3.8) is 0 Å². The van der Waals surface area contributed by atoms with Gasteiger partial charge in [0.05, 0.1) is 0 Å². The Kier molecular flexibility index (Phi) is 6.23. The molecule has 5 rings (SSSR count). The second-order valence-electron chi connectivity index (χ2n) is 9.51. The molecule has 2 aliphatic rings. The Morgan fingerprint density at radius 2 is 1.75 bits per heavy atom. The van der Waals surface area contributed by atoms with Gasteiger partial charge in [-0.15, -0.1) is 0 Å². The van der Waals surface area contributed by atoms with Gasteiger partial charge in [-0.2, -0.15) is 0 Å². The van der Waals surface area contributed by atoms with Crippen molar-refractivity contribution in [2.45, 2.75) is 31.6 Å². The summed E-state index contributed by atoms with van der Waals surface area (Å²) in [4.78, 5) is 39.5. The summed E-state index contributed by atoms with van der Waals surface area (Å²) in [5, 5.41) is 6.95. The molecule has 2 atom stereocenters. The van der Waals surface area contributed by atoms with Gasteiger partial charge in [-0.1, -0.05) is 67.4 Å². The predicted molar refractivity (Wildman–Crippen MR) is 143 cm³/mol. The van der Waals surface area contributed by atoms with Gasteiger partial charge in [-0.25, -0.2) is 0 Å². The third kappa shape index (κ3) is 4.02. The molecule has 0 fully saturated rings. The van der Waals surface area contributed by atoms with Crippen molar-refractivity contribution in [2.75, 3.05) is 10.6 Å². The van der Waals surface area contributed by atoms with Crippen molar-refractivity contribution >= 4 is 57.7 Å². The molecule has 0 saturated carbocycles. The lowest BCUT2D eigenvalue weighted by molar-refractivity contribution is -0.121. The number of rotatable bonds is 4. The maximum atomic E-state index is 14.0. The SMILES string of the molecule is CC(C)C(=O)Nc1cccc(C2=CC(=O)C[C@@H](c3cccc(Cl)c3)[C@@]23C(=O)Nc2cc(Cl)ccc23)c1. The third-order valence-corrected chi connectivity index (χ3v) is 7.36. The number of carbonyl (C=O) groups is 3. The molecule has 0 unspecified atom stereocenters. The molecule has 7 heteroatoms. The molecular weight excluding hydrogens is 495 g/mol. The largest absolute Gasteiger partial charge is 0.326 e. The quantitative estimate of drug-likeness (QED) is 0.407. The fourth-order valence-corrected chi connectivity index (χ4v) is 5.62. The molecule has 0 radical (unpaired) electrons. The number of hydrogen-bond acceptors (Lipinski definition) is 3. The molecule has 1 aliphatic heterocycles. The number of allylic oxidation sites excluding steroid dienone is 1. The highest BCUT2D eigenvalue weighted by molar-refractivity contribution is 6.31. The maximum absolute atomic E-state index is 14.0. The zero-order chi connectivity index (χ0) is 25.6. The lowest BCUT2D eigenvalue weighted by Crippen LogP contribution is -2.45. The Bertz CT molecular complexity index is 1450. The molecule has 0 saturated heterocycles. The number of hydrogen-bond donors (Lipinski definition) is 2. The standard InChI is InChI=1S/C29H24Cl2N2O3/c1-16(2)27(35)32-21-8-4-6-18(12-21)25-15-22(34)14-24(17-5-3-7-19(30)11-17)29(25)23-10-9-20(31)13-26(23)33-28(29)36/h3-13,15-16,24H,14H2,1-2H3,(H,32,35)(H,33,36)/t24-,29+/m0/s1. The smallest absolute Gasteiger partial charge is 0.240 e. The first-order valence-electron chi connectivity index (χ1n) is 11.7. The Morgan fingerprint density at radius 3 is 2.50 bits per heavy atom. The summed E-state index contributed by atoms with van der Waals surface area (Å²) in [6.45, 7) is 3.63. The van der Waals surface area contributed by atoms with Crippen molar-refractivity contribution in [1.29, 1.82) is 0 Å². The van der Waals surface area contributed by atoms with Crippen LogP contribution in [0.1, 0.15) is 42.9 Å². The van der Waals surface area contributed by atoms with Gasteiger partial charge in [0.2, 0.25) is 11.8 Å². The van der Waals surface area contributed by atoms with E-state index in [1.54, 1.807) is 30.3 Å². The highest BCUT2D eigenvalue weighted by Crippen LogP contribution is 2.58. The van der Waals surface area contributed by atoms with E-state index in [1.165, 1.54) is 0 Å². The highest BCUT2D eigenvalue weighted by Gasteiger charge is 2.57. The summed E-state index contributed by atoms with van der Waals surface area (Å²) in [6, 6.07) is 19.9. The molecule has 1 heterocycles. The van der Waals surface area contributed by atoms with Gasteiger partial charge in [0.1, 0.15) is 5.41 Å². The average Bonchev–Trinajstić information content (AvgIpc) is 3.11. The van der Waals surface area contributed by atoms with E-state index in [9.17, 15) is 14.4 Å². The van der Waals surface area contributed by atoms with Gasteiger partial charge < -0.3 is 10.6 Å². The van der Waals surface area contributed by atoms with Crippen LogP contribution in [0.5, 0.6) is 0 Å². The lowest BCUT2D eigenvalue weighted by atomic mass is 9.58. The minimum absolute atomic E-state index is 0.0903. The van der Waals surface area contributed by atoms with Crippen LogP contribution in [0.25, 0.3) is 5.57 Å². The topological polar surface area (TPSA) is 75.3 Å². The number of nitrogens with one attached hydrogen (secondary N) is 2. The molecule has 0 aromatic heterocycles. The molecule has 182 valence electrons. The van der Waals surface area contributed by atoms with Gasteiger partial charge in [0.25, 0.3) is 0 Å². The van der Waals surface area contributed by atoms with Crippen LogP contribution in [0.3, 0.4) is 0 Å². The van der Waals surface area contributed by atoms with Crippen LogP contribution in [0, 0.1) is 5.92 Å². The molecule has 1 aliphatic carbocycles. The molecule has 2 N–H and O–H groups in total. The monoisotopic (exact) mass is 518 g/mol. The lowest BCUT2D eigenvalue weighted by Gasteiger charge is -2.41. The van der Waals surface area contributed by atoms with E-state index in [1.807, 2.05) is 56.3 Å². The first kappa shape index (κ1) is 24.3. The molecule has 0 bridgehead atoms. The van der Waals surface area contributed by atoms with Crippen molar-refractivity contribution in [3.8, 4) is 0 Å². The molecular formula is C29H24Cl2N2O3. The van der Waals surface area contributed by atoms with Crippen molar-refractivity contribution in [2.24, 2.45) is 5.92 Å². The molecule has 3 aromatic rings. The predicted octanol–water partition coefficient (Wildman–Crippen LogP) is 6.62. The number of anilines is 2. The summed E-state index contributed by atoms with van der Waals surface area (Å²) >= 11 is 12.6. The number of amides is 2. The summed E-state index contributed by atoms with van der Waals surface area (Å²) in [5.41, 5.74) is 2.80. The Hall–Kier alpha value is -3.41. The van der Waals surface area contributed by atoms with E-state index in [4.69, 9.17) is 23.2 Å². The van der Waals surface area contributed by atoms with Crippen LogP contribution in [0.4, 0.5) is 11.4 Å². The van der Waals surface area contributed by atoms with E-state index in [0.717, 1.165) is 11.1 Å². The van der Waals surface area contributed by atoms with Gasteiger partial charge in [-0.3, -0.25) is 14.4 Å². The van der Waals surface area contributed by atoms with Crippen molar-refractivity contribution in [1.82, 2.24) is 0 Å². The second-order valence-corrected chi connectivity index (χ2v) is 10.4. The van der Waals surface area contributed by atoms with Gasteiger partial charge in [-0.05, 0) is 64.7 Å². The van der Waals surface area contributed by atoms with Crippen molar-refractivity contribution in [3.05, 3.63) is 99.5 Å². The van der Waals surface area contributed by atoms with E-state index < -0.39 is 11.3 Å². The second kappa shape index (κ2) is 9.23. The average molecular weight is 519 g/mol. The zero-order valence-electron chi connectivity index (χ0n) is 19.8. The summed E-state index contributed by atoms with van der Waals surface area (Å²) in [7, 11) is 0. The Morgan fingerprint density at radius 1 is 1.00 bits per heavy atom. The molecule has 1 spiro atoms. The number of halogens is 2.